The number of amides is 3. The monoisotopic (exact) mass is 547 g/mol. The van der Waals surface area contributed by atoms with Crippen LogP contribution in [-0.2, 0) is 23.9 Å². The summed E-state index contributed by atoms with van der Waals surface area (Å²) in [6, 6.07) is 3.93. The Balaban J connectivity index is 3.32. The molecule has 0 spiro atoms. The van der Waals surface area contributed by atoms with Gasteiger partial charge in [0.1, 0.15) is 17.7 Å². The van der Waals surface area contributed by atoms with E-state index in [-0.39, 0.29) is 25.5 Å². The normalized spacial score (nSPS) is 12.7. The van der Waals surface area contributed by atoms with Crippen LogP contribution in [-0.4, -0.2) is 60.1 Å². The fourth-order valence-electron chi connectivity index (χ4n) is 4.31. The molecule has 3 amide bonds. The Morgan fingerprint density at radius 3 is 2.13 bits per heavy atom. The van der Waals surface area contributed by atoms with E-state index in [1.165, 1.54) is 0 Å². The Bertz CT molecular complexity index is 936. The maximum Gasteiger partial charge on any atom is 0.408 e. The van der Waals surface area contributed by atoms with Crippen LogP contribution in [0.4, 0.5) is 4.79 Å². The van der Waals surface area contributed by atoms with Gasteiger partial charge in [0.2, 0.25) is 11.8 Å². The van der Waals surface area contributed by atoms with Gasteiger partial charge in [0.25, 0.3) is 0 Å². The van der Waals surface area contributed by atoms with E-state index in [2.05, 4.69) is 17.6 Å². The number of aryl methyl sites for hydroxylation is 2. The molecule has 0 saturated carbocycles. The topological polar surface area (TPSA) is 114 Å². The highest BCUT2D eigenvalue weighted by Gasteiger charge is 2.34. The Labute approximate surface area is 234 Å². The molecule has 9 heteroatoms. The third-order valence-electron chi connectivity index (χ3n) is 5.94. The van der Waals surface area contributed by atoms with Gasteiger partial charge < -0.3 is 25.0 Å². The number of nitrogens with zero attached hydrogens (tertiary/aromatic N) is 1. The van der Waals surface area contributed by atoms with Crippen LogP contribution in [0.1, 0.15) is 103 Å². The number of carbonyl (C=O) groups excluding carboxylic acids is 4. The largest absolute Gasteiger partial charge is 0.466 e. The van der Waals surface area contributed by atoms with Crippen LogP contribution < -0.4 is 10.6 Å². The molecule has 0 heterocycles. The third-order valence-corrected chi connectivity index (χ3v) is 5.94. The number of esters is 1. The van der Waals surface area contributed by atoms with Crippen molar-refractivity contribution in [2.24, 2.45) is 0 Å². The SMILES string of the molecule is CCCCCCCN(C(=O)C(C)NC(=O)OC(C)(C)C)C(C(=O)NCCC(=O)OCC)c1cc(C)cc(C)c1. The summed E-state index contributed by atoms with van der Waals surface area (Å²) in [5.41, 5.74) is 1.88. The van der Waals surface area contributed by atoms with E-state index in [4.69, 9.17) is 9.47 Å². The van der Waals surface area contributed by atoms with Gasteiger partial charge in [-0.2, -0.15) is 0 Å². The molecule has 2 atom stereocenters. The highest BCUT2D eigenvalue weighted by Crippen LogP contribution is 2.26. The molecule has 2 N–H and O–H groups in total. The molecule has 0 aromatic heterocycles. The first kappa shape index (κ1) is 33.9. The van der Waals surface area contributed by atoms with E-state index in [1.54, 1.807) is 39.5 Å². The van der Waals surface area contributed by atoms with Crippen molar-refractivity contribution in [1.82, 2.24) is 15.5 Å². The maximum absolute atomic E-state index is 13.8. The van der Waals surface area contributed by atoms with E-state index in [9.17, 15) is 19.2 Å². The van der Waals surface area contributed by atoms with Crippen molar-refractivity contribution < 1.29 is 28.7 Å². The fourth-order valence-corrected chi connectivity index (χ4v) is 4.31. The summed E-state index contributed by atoms with van der Waals surface area (Å²) in [6.45, 7) is 15.3. The first-order chi connectivity index (χ1) is 18.3. The average Bonchev–Trinajstić information content (AvgIpc) is 2.80. The van der Waals surface area contributed by atoms with Crippen molar-refractivity contribution in [3.63, 3.8) is 0 Å². The lowest BCUT2D eigenvalue weighted by atomic mass is 9.98. The van der Waals surface area contributed by atoms with Gasteiger partial charge in [-0.25, -0.2) is 4.79 Å². The van der Waals surface area contributed by atoms with E-state index in [0.717, 1.165) is 36.8 Å². The fraction of sp³-hybridized carbons (Fsp3) is 0.667. The van der Waals surface area contributed by atoms with E-state index in [1.807, 2.05) is 32.0 Å². The average molecular weight is 548 g/mol. The summed E-state index contributed by atoms with van der Waals surface area (Å²) in [6.07, 6.45) is 4.17. The second-order valence-electron chi connectivity index (χ2n) is 11.0. The minimum absolute atomic E-state index is 0.0285. The molecule has 0 fully saturated rings. The number of nitrogens with one attached hydrogen (secondary N) is 2. The first-order valence-corrected chi connectivity index (χ1v) is 14.1. The number of hydrogen-bond acceptors (Lipinski definition) is 6. The molecule has 1 aromatic carbocycles. The maximum atomic E-state index is 13.8. The van der Waals surface area contributed by atoms with Crippen LogP contribution in [0.25, 0.3) is 0 Å². The van der Waals surface area contributed by atoms with Gasteiger partial charge >= 0.3 is 12.1 Å². The van der Waals surface area contributed by atoms with Crippen LogP contribution >= 0.6 is 0 Å². The highest BCUT2D eigenvalue weighted by molar-refractivity contribution is 5.92. The first-order valence-electron chi connectivity index (χ1n) is 14.1. The lowest BCUT2D eigenvalue weighted by molar-refractivity contribution is -0.144. The van der Waals surface area contributed by atoms with E-state index < -0.39 is 35.7 Å². The van der Waals surface area contributed by atoms with Crippen LogP contribution in [0.15, 0.2) is 18.2 Å². The summed E-state index contributed by atoms with van der Waals surface area (Å²) in [7, 11) is 0. The van der Waals surface area contributed by atoms with Crippen molar-refractivity contribution in [2.45, 2.75) is 112 Å². The van der Waals surface area contributed by atoms with Crippen molar-refractivity contribution in [3.05, 3.63) is 34.9 Å². The molecule has 0 radical (unpaired) electrons. The molecule has 0 aliphatic heterocycles. The predicted molar refractivity (Wildman–Crippen MR) is 152 cm³/mol. The van der Waals surface area contributed by atoms with Crippen molar-refractivity contribution in [1.29, 1.82) is 0 Å². The smallest absolute Gasteiger partial charge is 0.408 e. The summed E-state index contributed by atoms with van der Waals surface area (Å²) in [5.74, 6) is -1.18. The zero-order chi connectivity index (χ0) is 29.6. The quantitative estimate of drug-likeness (QED) is 0.233. The number of rotatable bonds is 15. The zero-order valence-electron chi connectivity index (χ0n) is 25.1. The lowest BCUT2D eigenvalue weighted by Crippen LogP contribution is -2.52. The number of hydrogen-bond donors (Lipinski definition) is 2. The molecule has 0 saturated heterocycles. The molecule has 39 heavy (non-hydrogen) atoms. The Hall–Kier alpha value is -3.10. The zero-order valence-corrected chi connectivity index (χ0v) is 25.1. The molecule has 0 aliphatic carbocycles. The minimum atomic E-state index is -0.938. The van der Waals surface area contributed by atoms with Gasteiger partial charge in [-0.1, -0.05) is 61.9 Å². The summed E-state index contributed by atoms with van der Waals surface area (Å²) in [4.78, 5) is 53.3. The van der Waals surface area contributed by atoms with Gasteiger partial charge in [0.05, 0.1) is 13.0 Å². The molecular formula is C30H49N3O6. The van der Waals surface area contributed by atoms with Crippen LogP contribution in [0.3, 0.4) is 0 Å². The summed E-state index contributed by atoms with van der Waals surface area (Å²) < 4.78 is 10.3. The summed E-state index contributed by atoms with van der Waals surface area (Å²) in [5, 5.41) is 5.44. The summed E-state index contributed by atoms with van der Waals surface area (Å²) >= 11 is 0. The Morgan fingerprint density at radius 2 is 1.56 bits per heavy atom. The number of carbonyl (C=O) groups is 4. The number of unbranched alkanes of at least 4 members (excludes halogenated alkanes) is 4. The Kier molecular flexibility index (Phi) is 14.6. The molecule has 1 aromatic rings. The predicted octanol–water partition coefficient (Wildman–Crippen LogP) is 5.13. The van der Waals surface area contributed by atoms with Gasteiger partial charge in [-0.05, 0) is 60.5 Å². The van der Waals surface area contributed by atoms with Crippen molar-refractivity contribution in [2.75, 3.05) is 19.7 Å². The molecule has 220 valence electrons. The molecule has 0 bridgehead atoms. The number of benzene rings is 1. The van der Waals surface area contributed by atoms with Crippen LogP contribution in [0, 0.1) is 13.8 Å². The molecular weight excluding hydrogens is 498 g/mol. The minimum Gasteiger partial charge on any atom is -0.466 e. The van der Waals surface area contributed by atoms with Crippen molar-refractivity contribution >= 4 is 23.9 Å². The van der Waals surface area contributed by atoms with Gasteiger partial charge in [0.15, 0.2) is 0 Å². The van der Waals surface area contributed by atoms with Gasteiger partial charge in [-0.3, -0.25) is 14.4 Å². The molecule has 1 rings (SSSR count). The second kappa shape index (κ2) is 16.8. The van der Waals surface area contributed by atoms with Crippen LogP contribution in [0.5, 0.6) is 0 Å². The molecule has 9 nitrogen and oxygen atoms in total. The van der Waals surface area contributed by atoms with E-state index in [0.29, 0.717) is 18.5 Å². The highest BCUT2D eigenvalue weighted by atomic mass is 16.6. The Morgan fingerprint density at radius 1 is 0.949 bits per heavy atom. The molecule has 2 unspecified atom stereocenters. The van der Waals surface area contributed by atoms with Gasteiger partial charge in [-0.15, -0.1) is 0 Å². The van der Waals surface area contributed by atoms with E-state index >= 15 is 0 Å². The van der Waals surface area contributed by atoms with Crippen molar-refractivity contribution in [3.8, 4) is 0 Å². The van der Waals surface area contributed by atoms with Gasteiger partial charge in [0, 0.05) is 13.1 Å². The number of ether oxygens (including phenoxy) is 2. The number of alkyl carbamates (subject to hydrolysis) is 1. The molecule has 0 aliphatic rings. The van der Waals surface area contributed by atoms with Crippen LogP contribution in [0.2, 0.25) is 0 Å². The lowest BCUT2D eigenvalue weighted by Gasteiger charge is -2.34. The second-order valence-corrected chi connectivity index (χ2v) is 11.0. The standard InChI is InChI=1S/C30H49N3O6/c1-9-11-12-13-14-17-33(28(36)23(5)32-29(37)39-30(6,7)8)26(24-19-21(3)18-22(4)20-24)27(35)31-16-15-25(34)38-10-2/h18-20,23,26H,9-17H2,1-8H3,(H,31,35)(H,32,37). The third kappa shape index (κ3) is 13.0.